The van der Waals surface area contributed by atoms with Gasteiger partial charge in [0.15, 0.2) is 0 Å². The van der Waals surface area contributed by atoms with E-state index in [1.165, 1.54) is 0 Å². The topological polar surface area (TPSA) is 71.5 Å². The Labute approximate surface area is 158 Å². The third kappa shape index (κ3) is 4.34. The monoisotopic (exact) mass is 365 g/mol. The maximum atomic E-state index is 13.1. The van der Waals surface area contributed by atoms with Crippen molar-refractivity contribution in [3.05, 3.63) is 59.9 Å². The Morgan fingerprint density at radius 1 is 1.15 bits per heavy atom. The Kier molecular flexibility index (Phi) is 5.16. The highest BCUT2D eigenvalue weighted by Crippen LogP contribution is 2.30. The quantitative estimate of drug-likeness (QED) is 0.854. The van der Waals surface area contributed by atoms with Crippen molar-refractivity contribution in [2.75, 3.05) is 11.9 Å². The highest BCUT2D eigenvalue weighted by Gasteiger charge is 2.33. The summed E-state index contributed by atoms with van der Waals surface area (Å²) in [7, 11) is 0. The highest BCUT2D eigenvalue weighted by atomic mass is 16.5. The molecule has 0 spiro atoms. The van der Waals surface area contributed by atoms with Crippen molar-refractivity contribution in [3.8, 4) is 0 Å². The number of benzene rings is 1. The Morgan fingerprint density at radius 3 is 2.67 bits per heavy atom. The minimum Gasteiger partial charge on any atom is -0.368 e. The maximum absolute atomic E-state index is 13.1. The van der Waals surface area contributed by atoms with Crippen LogP contribution >= 0.6 is 0 Å². The fourth-order valence-corrected chi connectivity index (χ4v) is 3.34. The SMILES string of the molecule is O=C(Nc1cccc(C(=O)N(Cc2ccncc2)C2CC2)c1)C1CCCO1. The number of nitrogens with one attached hydrogen (secondary N) is 1. The third-order valence-electron chi connectivity index (χ3n) is 4.95. The number of carbonyl (C=O) groups excluding carboxylic acids is 2. The minimum atomic E-state index is -0.390. The molecule has 27 heavy (non-hydrogen) atoms. The van der Waals surface area contributed by atoms with Crippen molar-refractivity contribution in [2.45, 2.75) is 44.4 Å². The van der Waals surface area contributed by atoms with Crippen LogP contribution in [0.4, 0.5) is 5.69 Å². The number of carbonyl (C=O) groups is 2. The summed E-state index contributed by atoms with van der Waals surface area (Å²) in [6.07, 6.45) is 6.81. The van der Waals surface area contributed by atoms with E-state index in [9.17, 15) is 9.59 Å². The first-order valence-electron chi connectivity index (χ1n) is 9.43. The van der Waals surface area contributed by atoms with E-state index >= 15 is 0 Å². The van der Waals surface area contributed by atoms with Crippen molar-refractivity contribution in [3.63, 3.8) is 0 Å². The number of ether oxygens (including phenoxy) is 1. The van der Waals surface area contributed by atoms with Crippen LogP contribution in [0.3, 0.4) is 0 Å². The molecule has 2 aliphatic rings. The van der Waals surface area contributed by atoms with Gasteiger partial charge in [-0.15, -0.1) is 0 Å². The Hall–Kier alpha value is -2.73. The summed E-state index contributed by atoms with van der Waals surface area (Å²) in [5, 5.41) is 2.87. The molecule has 6 nitrogen and oxygen atoms in total. The van der Waals surface area contributed by atoms with Gasteiger partial charge in [0.25, 0.3) is 11.8 Å². The van der Waals surface area contributed by atoms with Crippen LogP contribution in [-0.4, -0.2) is 40.5 Å². The van der Waals surface area contributed by atoms with Gasteiger partial charge in [-0.2, -0.15) is 0 Å². The molecule has 1 aliphatic heterocycles. The lowest BCUT2D eigenvalue weighted by atomic mass is 10.1. The molecule has 1 aromatic carbocycles. The molecule has 140 valence electrons. The van der Waals surface area contributed by atoms with E-state index < -0.39 is 0 Å². The molecule has 2 fully saturated rings. The summed E-state index contributed by atoms with van der Waals surface area (Å²) in [5.41, 5.74) is 2.27. The number of pyridine rings is 1. The Bertz CT molecular complexity index is 814. The molecular weight excluding hydrogens is 342 g/mol. The van der Waals surface area contributed by atoms with E-state index in [1.54, 1.807) is 36.7 Å². The van der Waals surface area contributed by atoms with Crippen LogP contribution in [0.1, 0.15) is 41.6 Å². The summed E-state index contributed by atoms with van der Waals surface area (Å²) in [4.78, 5) is 31.3. The van der Waals surface area contributed by atoms with Gasteiger partial charge < -0.3 is 15.0 Å². The van der Waals surface area contributed by atoms with Gasteiger partial charge in [0.1, 0.15) is 6.10 Å². The van der Waals surface area contributed by atoms with Gasteiger partial charge in [-0.1, -0.05) is 6.07 Å². The van der Waals surface area contributed by atoms with Gasteiger partial charge in [0, 0.05) is 42.8 Å². The Morgan fingerprint density at radius 2 is 1.96 bits per heavy atom. The van der Waals surface area contributed by atoms with Gasteiger partial charge in [0.05, 0.1) is 0 Å². The lowest BCUT2D eigenvalue weighted by Crippen LogP contribution is -2.32. The van der Waals surface area contributed by atoms with Crippen molar-refractivity contribution < 1.29 is 14.3 Å². The van der Waals surface area contributed by atoms with E-state index in [4.69, 9.17) is 4.74 Å². The molecule has 1 saturated carbocycles. The highest BCUT2D eigenvalue weighted by molar-refractivity contribution is 5.98. The molecule has 0 radical (unpaired) electrons. The molecule has 1 unspecified atom stereocenters. The van der Waals surface area contributed by atoms with Crippen LogP contribution < -0.4 is 5.32 Å². The van der Waals surface area contributed by atoms with Crippen LogP contribution in [0.15, 0.2) is 48.8 Å². The number of rotatable bonds is 6. The molecular formula is C21H23N3O3. The molecule has 6 heteroatoms. The van der Waals surface area contributed by atoms with E-state index in [2.05, 4.69) is 10.3 Å². The van der Waals surface area contributed by atoms with Gasteiger partial charge in [-0.05, 0) is 61.6 Å². The summed E-state index contributed by atoms with van der Waals surface area (Å²) in [6, 6.07) is 11.3. The molecule has 1 aromatic heterocycles. The predicted molar refractivity (Wildman–Crippen MR) is 101 cm³/mol. The summed E-state index contributed by atoms with van der Waals surface area (Å²) < 4.78 is 5.42. The molecule has 2 amide bonds. The molecule has 0 bridgehead atoms. The van der Waals surface area contributed by atoms with Gasteiger partial charge >= 0.3 is 0 Å². The molecule has 2 heterocycles. The Balaban J connectivity index is 1.47. The summed E-state index contributed by atoms with van der Waals surface area (Å²) in [5.74, 6) is -0.157. The number of hydrogen-bond donors (Lipinski definition) is 1. The molecule has 1 saturated heterocycles. The first-order chi connectivity index (χ1) is 13.2. The van der Waals surface area contributed by atoms with Crippen molar-refractivity contribution in [2.24, 2.45) is 0 Å². The van der Waals surface area contributed by atoms with E-state index in [1.807, 2.05) is 17.0 Å². The lowest BCUT2D eigenvalue weighted by molar-refractivity contribution is -0.124. The first-order valence-corrected chi connectivity index (χ1v) is 9.43. The average molecular weight is 365 g/mol. The maximum Gasteiger partial charge on any atom is 0.254 e. The number of aromatic nitrogens is 1. The normalized spacial score (nSPS) is 18.9. The van der Waals surface area contributed by atoms with Gasteiger partial charge in [0.2, 0.25) is 0 Å². The number of nitrogens with zero attached hydrogens (tertiary/aromatic N) is 2. The average Bonchev–Trinajstić information content (AvgIpc) is 3.39. The van der Waals surface area contributed by atoms with Crippen LogP contribution in [0.25, 0.3) is 0 Å². The summed E-state index contributed by atoms with van der Waals surface area (Å²) >= 11 is 0. The van der Waals surface area contributed by atoms with Gasteiger partial charge in [-0.25, -0.2) is 0 Å². The zero-order chi connectivity index (χ0) is 18.6. The van der Waals surface area contributed by atoms with Crippen LogP contribution in [0, 0.1) is 0 Å². The molecule has 1 atom stereocenters. The van der Waals surface area contributed by atoms with Crippen molar-refractivity contribution in [1.82, 2.24) is 9.88 Å². The number of amides is 2. The van der Waals surface area contributed by atoms with Crippen LogP contribution in [-0.2, 0) is 16.1 Å². The zero-order valence-electron chi connectivity index (χ0n) is 15.1. The molecule has 1 aliphatic carbocycles. The van der Waals surface area contributed by atoms with Crippen molar-refractivity contribution in [1.29, 1.82) is 0 Å². The molecule has 4 rings (SSSR count). The van der Waals surface area contributed by atoms with E-state index in [0.29, 0.717) is 24.4 Å². The van der Waals surface area contributed by atoms with Crippen LogP contribution in [0.5, 0.6) is 0 Å². The predicted octanol–water partition coefficient (Wildman–Crippen LogP) is 3.00. The molecule has 2 aromatic rings. The third-order valence-corrected chi connectivity index (χ3v) is 4.95. The smallest absolute Gasteiger partial charge is 0.254 e. The fraction of sp³-hybridized carbons (Fsp3) is 0.381. The number of anilines is 1. The first kappa shape index (κ1) is 17.7. The standard InChI is InChI=1S/C21H23N3O3/c25-20(19-5-2-12-27-19)23-17-4-1-3-16(13-17)21(26)24(18-6-7-18)14-15-8-10-22-11-9-15/h1,3-4,8-11,13,18-19H,2,5-7,12,14H2,(H,23,25). The van der Waals surface area contributed by atoms with E-state index in [0.717, 1.165) is 31.2 Å². The second-order valence-corrected chi connectivity index (χ2v) is 7.09. The lowest BCUT2D eigenvalue weighted by Gasteiger charge is -2.23. The largest absolute Gasteiger partial charge is 0.368 e. The summed E-state index contributed by atoms with van der Waals surface area (Å²) in [6.45, 7) is 1.19. The van der Waals surface area contributed by atoms with Crippen molar-refractivity contribution >= 4 is 17.5 Å². The molecule has 1 N–H and O–H groups in total. The van der Waals surface area contributed by atoms with Crippen LogP contribution in [0.2, 0.25) is 0 Å². The zero-order valence-corrected chi connectivity index (χ0v) is 15.1. The fourth-order valence-electron chi connectivity index (χ4n) is 3.34. The van der Waals surface area contributed by atoms with Gasteiger partial charge in [-0.3, -0.25) is 14.6 Å². The second kappa shape index (κ2) is 7.88. The van der Waals surface area contributed by atoms with E-state index in [-0.39, 0.29) is 24.0 Å². The number of hydrogen-bond acceptors (Lipinski definition) is 4. The minimum absolute atomic E-state index is 0.0115. The second-order valence-electron chi connectivity index (χ2n) is 7.09.